The van der Waals surface area contributed by atoms with Gasteiger partial charge in [-0.2, -0.15) is 0 Å². The van der Waals surface area contributed by atoms with Crippen LogP contribution in [0.4, 0.5) is 10.5 Å². The van der Waals surface area contributed by atoms with Gasteiger partial charge >= 0.3 is 12.0 Å². The molecule has 0 saturated carbocycles. The second kappa shape index (κ2) is 16.1. The van der Waals surface area contributed by atoms with E-state index < -0.39 is 65.4 Å². The number of aliphatic hydroxyl groups excluding tert-OH is 1. The lowest BCUT2D eigenvalue weighted by atomic mass is 9.65. The fraction of sp³-hybridized carbons (Fsp3) is 0.234. The smallest absolute Gasteiger partial charge is 0.329 e. The van der Waals surface area contributed by atoms with Crippen LogP contribution >= 0.6 is 0 Å². The molecular weight excluding hydrogens is 733 g/mol. The minimum atomic E-state index is -1.91. The first-order valence-electron chi connectivity index (χ1n) is 19.4. The van der Waals surface area contributed by atoms with Gasteiger partial charge in [0.2, 0.25) is 11.8 Å². The molecule has 8 rings (SSSR count). The number of anilines is 1. The van der Waals surface area contributed by atoms with Crippen molar-refractivity contribution in [1.82, 2.24) is 15.5 Å². The lowest BCUT2D eigenvalue weighted by molar-refractivity contribution is -0.178. The molecule has 294 valence electrons. The van der Waals surface area contributed by atoms with E-state index in [0.717, 1.165) is 21.6 Å². The third-order valence-corrected chi connectivity index (χ3v) is 11.5. The number of rotatable bonds is 11. The normalized spacial score (nSPS) is 24.0. The summed E-state index contributed by atoms with van der Waals surface area (Å²) in [6.45, 7) is 5.34. The molecule has 2 saturated heterocycles. The summed E-state index contributed by atoms with van der Waals surface area (Å²) in [5.41, 5.74) is 1.59. The Bertz CT molecular complexity index is 2320. The summed E-state index contributed by atoms with van der Waals surface area (Å²) in [6.07, 6.45) is 0.657. The van der Waals surface area contributed by atoms with Crippen molar-refractivity contribution in [3.63, 3.8) is 0 Å². The average Bonchev–Trinajstić information content (AvgIpc) is 3.72. The molecule has 4 amide bonds. The van der Waals surface area contributed by atoms with E-state index in [-0.39, 0.29) is 25.4 Å². The standard InChI is InChI=1S/C47H44N4O7/c1-3-27-48-43(53)38-40-44(54)58-41(33-21-11-6-12-22-33)39(32-19-9-5-10-20-32)51(40)42(34-23-13-16-26-37(34)57-29-28-52)47(38)35-24-14-15-25-36(35)50(45(47)55)46(56)49-30(2)31-17-7-4-8-18-31/h3-26,30,38-42,52H,1,27-29H2,2H3,(H,48,53)(H,49,56)/t30-,38+,39+,40+,41-,42-,47+/m1/s1. The van der Waals surface area contributed by atoms with Gasteiger partial charge in [0.25, 0.3) is 0 Å². The molecule has 3 aliphatic rings. The minimum Gasteiger partial charge on any atom is -0.491 e. The van der Waals surface area contributed by atoms with Crippen LogP contribution < -0.4 is 20.3 Å². The summed E-state index contributed by atoms with van der Waals surface area (Å²) in [5, 5.41) is 15.9. The molecule has 3 N–H and O–H groups in total. The van der Waals surface area contributed by atoms with Gasteiger partial charge < -0.3 is 25.2 Å². The molecule has 3 aliphatic heterocycles. The van der Waals surface area contributed by atoms with Crippen LogP contribution in [0.15, 0.2) is 152 Å². The molecule has 5 aromatic rings. The Kier molecular flexibility index (Phi) is 10.7. The van der Waals surface area contributed by atoms with E-state index in [9.17, 15) is 9.90 Å². The van der Waals surface area contributed by atoms with E-state index in [4.69, 9.17) is 9.47 Å². The van der Waals surface area contributed by atoms with Gasteiger partial charge in [-0.25, -0.2) is 9.69 Å². The summed E-state index contributed by atoms with van der Waals surface area (Å²) in [5.74, 6) is -3.04. The number of hydrogen-bond donors (Lipinski definition) is 3. The number of carbonyl (C=O) groups excluding carboxylic acids is 4. The second-order valence-electron chi connectivity index (χ2n) is 14.6. The highest BCUT2D eigenvalue weighted by atomic mass is 16.6. The van der Waals surface area contributed by atoms with Crippen LogP contribution in [-0.2, 0) is 24.5 Å². The maximum Gasteiger partial charge on any atom is 0.329 e. The van der Waals surface area contributed by atoms with Crippen LogP contribution in [0.25, 0.3) is 0 Å². The molecule has 7 atom stereocenters. The molecule has 1 spiro atoms. The average molecular weight is 777 g/mol. The minimum absolute atomic E-state index is 0.0530. The Morgan fingerprint density at radius 2 is 1.47 bits per heavy atom. The number of morpholine rings is 1. The number of amides is 4. The summed E-state index contributed by atoms with van der Waals surface area (Å²) in [6, 6.07) is 38.1. The first kappa shape index (κ1) is 38.3. The molecular formula is C47H44N4O7. The first-order valence-corrected chi connectivity index (χ1v) is 19.4. The zero-order chi connectivity index (χ0) is 40.4. The van der Waals surface area contributed by atoms with Gasteiger partial charge in [-0.05, 0) is 41.3 Å². The van der Waals surface area contributed by atoms with Gasteiger partial charge in [0, 0.05) is 12.1 Å². The van der Waals surface area contributed by atoms with Crippen LogP contribution in [0, 0.1) is 5.92 Å². The summed E-state index contributed by atoms with van der Waals surface area (Å²) >= 11 is 0. The number of nitrogens with zero attached hydrogens (tertiary/aromatic N) is 2. The lowest BCUT2D eigenvalue weighted by Gasteiger charge is -2.46. The van der Waals surface area contributed by atoms with Crippen molar-refractivity contribution in [2.75, 3.05) is 24.7 Å². The number of aliphatic hydroxyl groups is 1. The maximum atomic E-state index is 16.1. The van der Waals surface area contributed by atoms with Crippen LogP contribution in [0.1, 0.15) is 59.0 Å². The topological polar surface area (TPSA) is 138 Å². The van der Waals surface area contributed by atoms with E-state index >= 15 is 14.4 Å². The molecule has 11 nitrogen and oxygen atoms in total. The Morgan fingerprint density at radius 3 is 2.16 bits per heavy atom. The highest BCUT2D eigenvalue weighted by Crippen LogP contribution is 2.66. The van der Waals surface area contributed by atoms with Gasteiger partial charge in [-0.15, -0.1) is 6.58 Å². The first-order chi connectivity index (χ1) is 28.3. The number of benzene rings is 5. The zero-order valence-electron chi connectivity index (χ0n) is 31.9. The highest BCUT2D eigenvalue weighted by Gasteiger charge is 2.75. The molecule has 3 heterocycles. The number of urea groups is 1. The van der Waals surface area contributed by atoms with Crippen LogP contribution in [0.2, 0.25) is 0 Å². The molecule has 2 fully saturated rings. The van der Waals surface area contributed by atoms with Gasteiger partial charge in [-0.1, -0.05) is 133 Å². The van der Waals surface area contributed by atoms with Gasteiger partial charge in [0.05, 0.1) is 36.3 Å². The van der Waals surface area contributed by atoms with Gasteiger partial charge in [0.15, 0.2) is 0 Å². The molecule has 0 unspecified atom stereocenters. The Balaban J connectivity index is 1.42. The van der Waals surface area contributed by atoms with Gasteiger partial charge in [0.1, 0.15) is 29.9 Å². The Labute approximate surface area is 336 Å². The molecule has 58 heavy (non-hydrogen) atoms. The number of esters is 1. The predicted octanol–water partition coefficient (Wildman–Crippen LogP) is 6.50. The fourth-order valence-corrected chi connectivity index (χ4v) is 9.19. The Morgan fingerprint density at radius 1 is 0.845 bits per heavy atom. The lowest BCUT2D eigenvalue weighted by Crippen LogP contribution is -2.56. The van der Waals surface area contributed by atoms with E-state index in [0.29, 0.717) is 16.9 Å². The SMILES string of the molecule is C=CCNC(=O)[C@@H]1[C@H]2C(=O)O[C@H](c3ccccc3)[C@H](c3ccccc3)N2[C@H](c2ccccc2OCCO)[C@@]12C(=O)N(C(=O)N[C@H](C)c1ccccc1)c1ccccc12. The Hall–Kier alpha value is -6.56. The van der Waals surface area contributed by atoms with E-state index in [1.54, 1.807) is 42.5 Å². The number of carbonyl (C=O) groups is 4. The van der Waals surface area contributed by atoms with Crippen molar-refractivity contribution in [2.24, 2.45) is 5.92 Å². The quantitative estimate of drug-likeness (QED) is 0.102. The van der Waals surface area contributed by atoms with Crippen LogP contribution in [0.3, 0.4) is 0 Å². The van der Waals surface area contributed by atoms with E-state index in [1.165, 1.54) is 6.08 Å². The van der Waals surface area contributed by atoms with Crippen molar-refractivity contribution in [3.8, 4) is 5.75 Å². The summed E-state index contributed by atoms with van der Waals surface area (Å²) in [4.78, 5) is 63.9. The molecule has 0 aromatic heterocycles. The summed E-state index contributed by atoms with van der Waals surface area (Å²) in [7, 11) is 0. The zero-order valence-corrected chi connectivity index (χ0v) is 31.9. The molecule has 0 aliphatic carbocycles. The molecule has 11 heteroatoms. The third-order valence-electron chi connectivity index (χ3n) is 11.5. The largest absolute Gasteiger partial charge is 0.491 e. The van der Waals surface area contributed by atoms with E-state index in [2.05, 4.69) is 17.2 Å². The third kappa shape index (κ3) is 6.32. The second-order valence-corrected chi connectivity index (χ2v) is 14.6. The van der Waals surface area contributed by atoms with Gasteiger partial charge in [-0.3, -0.25) is 19.3 Å². The number of para-hydroxylation sites is 2. The molecule has 0 radical (unpaired) electrons. The van der Waals surface area contributed by atoms with Crippen LogP contribution in [-0.4, -0.2) is 59.6 Å². The fourth-order valence-electron chi connectivity index (χ4n) is 9.19. The van der Waals surface area contributed by atoms with Crippen molar-refractivity contribution >= 4 is 29.5 Å². The monoisotopic (exact) mass is 776 g/mol. The number of hydrogen-bond acceptors (Lipinski definition) is 8. The van der Waals surface area contributed by atoms with E-state index in [1.807, 2.05) is 109 Å². The predicted molar refractivity (Wildman–Crippen MR) is 218 cm³/mol. The van der Waals surface area contributed by atoms with Crippen molar-refractivity contribution in [2.45, 2.75) is 42.6 Å². The van der Waals surface area contributed by atoms with Crippen molar-refractivity contribution < 1.29 is 33.8 Å². The maximum absolute atomic E-state index is 16.1. The van der Waals surface area contributed by atoms with Crippen molar-refractivity contribution in [3.05, 3.63) is 180 Å². The molecule has 0 bridgehead atoms. The number of nitrogens with one attached hydrogen (secondary N) is 2. The summed E-state index contributed by atoms with van der Waals surface area (Å²) < 4.78 is 12.7. The number of fused-ring (bicyclic) bond motifs is 3. The number of imide groups is 1. The van der Waals surface area contributed by atoms with Crippen LogP contribution in [0.5, 0.6) is 5.75 Å². The number of ether oxygens (including phenoxy) is 2. The number of cyclic esters (lactones) is 1. The molecule has 5 aromatic carbocycles. The van der Waals surface area contributed by atoms with Crippen molar-refractivity contribution in [1.29, 1.82) is 0 Å². The highest BCUT2D eigenvalue weighted by molar-refractivity contribution is 6.24.